The van der Waals surface area contributed by atoms with Crippen molar-refractivity contribution in [1.82, 2.24) is 5.32 Å². The Morgan fingerprint density at radius 2 is 2.10 bits per heavy atom. The number of carbonyl (C=O) groups is 2. The second kappa shape index (κ2) is 6.29. The minimum absolute atomic E-state index is 0.0842. The summed E-state index contributed by atoms with van der Waals surface area (Å²) in [4.78, 5) is 26.4. The third kappa shape index (κ3) is 3.26. The van der Waals surface area contributed by atoms with E-state index in [1.165, 1.54) is 5.56 Å². The first-order chi connectivity index (χ1) is 9.93. The van der Waals surface area contributed by atoms with Crippen LogP contribution in [0.5, 0.6) is 0 Å². The minimum atomic E-state index is -0.541. The highest BCUT2D eigenvalue weighted by Gasteiger charge is 2.37. The van der Waals surface area contributed by atoms with Crippen LogP contribution in [0.1, 0.15) is 37.8 Å². The molecule has 1 aliphatic heterocycles. The number of nitrogens with one attached hydrogen (secondary N) is 1. The fraction of sp³-hybridized carbons (Fsp3) is 0.529. The lowest BCUT2D eigenvalue weighted by atomic mass is 10.1. The maximum Gasteiger partial charge on any atom is 0.239 e. The molecular weight excluding hydrogens is 264 g/mol. The van der Waals surface area contributed by atoms with Gasteiger partial charge in [-0.05, 0) is 56.9 Å². The molecule has 0 radical (unpaired) electrons. The van der Waals surface area contributed by atoms with E-state index in [0.717, 1.165) is 17.7 Å². The Hall–Kier alpha value is -1.84. The van der Waals surface area contributed by atoms with Gasteiger partial charge in [-0.1, -0.05) is 13.0 Å². The molecule has 0 aliphatic carbocycles. The predicted octanol–water partition coefficient (Wildman–Crippen LogP) is 2.57. The van der Waals surface area contributed by atoms with Crippen LogP contribution in [-0.4, -0.2) is 24.4 Å². The zero-order chi connectivity index (χ0) is 15.6. The largest absolute Gasteiger partial charge is 0.353 e. The summed E-state index contributed by atoms with van der Waals surface area (Å²) in [6.45, 7) is 8.67. The number of rotatable bonds is 4. The van der Waals surface area contributed by atoms with Gasteiger partial charge in [-0.2, -0.15) is 0 Å². The lowest BCUT2D eigenvalue weighted by Crippen LogP contribution is -2.40. The first-order valence-corrected chi connectivity index (χ1v) is 7.63. The highest BCUT2D eigenvalue weighted by Crippen LogP contribution is 2.27. The average Bonchev–Trinajstić information content (AvgIpc) is 2.83. The molecule has 1 aliphatic rings. The molecule has 2 rings (SSSR count). The molecule has 4 nitrogen and oxygen atoms in total. The van der Waals surface area contributed by atoms with E-state index in [4.69, 9.17) is 0 Å². The van der Waals surface area contributed by atoms with E-state index in [2.05, 4.69) is 5.32 Å². The quantitative estimate of drug-likeness (QED) is 0.866. The number of hydrogen-bond donors (Lipinski definition) is 1. The fourth-order valence-corrected chi connectivity index (χ4v) is 2.52. The van der Waals surface area contributed by atoms with Gasteiger partial charge in [-0.15, -0.1) is 0 Å². The molecule has 0 bridgehead atoms. The van der Waals surface area contributed by atoms with Gasteiger partial charge in [-0.3, -0.25) is 9.59 Å². The molecule has 0 saturated carbocycles. The van der Waals surface area contributed by atoms with Crippen LogP contribution in [0, 0.1) is 19.8 Å². The van der Waals surface area contributed by atoms with Crippen LogP contribution in [0.25, 0.3) is 0 Å². The SMILES string of the molecule is CC[C@@H](C)NC(=O)[C@@H]1CCN(c2ccc(C)c(C)c2)C1=O. The van der Waals surface area contributed by atoms with Crippen LogP contribution in [0.4, 0.5) is 5.69 Å². The number of carbonyl (C=O) groups excluding carboxylic acids is 2. The number of aryl methyl sites for hydroxylation is 2. The third-order valence-corrected chi connectivity index (χ3v) is 4.33. The van der Waals surface area contributed by atoms with Gasteiger partial charge in [0, 0.05) is 18.3 Å². The minimum Gasteiger partial charge on any atom is -0.353 e. The molecule has 1 fully saturated rings. The number of amides is 2. The van der Waals surface area contributed by atoms with Crippen molar-refractivity contribution >= 4 is 17.5 Å². The van der Waals surface area contributed by atoms with E-state index >= 15 is 0 Å². The molecular formula is C17H24N2O2. The van der Waals surface area contributed by atoms with E-state index < -0.39 is 5.92 Å². The molecule has 0 unspecified atom stereocenters. The zero-order valence-electron chi connectivity index (χ0n) is 13.3. The van der Waals surface area contributed by atoms with Gasteiger partial charge in [0.25, 0.3) is 0 Å². The van der Waals surface area contributed by atoms with Crippen molar-refractivity contribution < 1.29 is 9.59 Å². The van der Waals surface area contributed by atoms with Crippen molar-refractivity contribution in [3.05, 3.63) is 29.3 Å². The number of hydrogen-bond acceptors (Lipinski definition) is 2. The van der Waals surface area contributed by atoms with Crippen LogP contribution >= 0.6 is 0 Å². The highest BCUT2D eigenvalue weighted by atomic mass is 16.2. The van der Waals surface area contributed by atoms with Crippen LogP contribution in [-0.2, 0) is 9.59 Å². The van der Waals surface area contributed by atoms with E-state index in [-0.39, 0.29) is 17.9 Å². The Labute approximate surface area is 126 Å². The summed E-state index contributed by atoms with van der Waals surface area (Å²) in [6.07, 6.45) is 1.46. The van der Waals surface area contributed by atoms with Crippen LogP contribution < -0.4 is 10.2 Å². The van der Waals surface area contributed by atoms with E-state index in [1.807, 2.05) is 45.9 Å². The Morgan fingerprint density at radius 1 is 1.38 bits per heavy atom. The molecule has 2 amide bonds. The average molecular weight is 288 g/mol. The molecule has 0 aromatic heterocycles. The summed E-state index contributed by atoms with van der Waals surface area (Å²) in [5, 5.41) is 2.91. The van der Waals surface area contributed by atoms with Gasteiger partial charge in [0.1, 0.15) is 5.92 Å². The van der Waals surface area contributed by atoms with Crippen molar-refractivity contribution in [3.63, 3.8) is 0 Å². The first-order valence-electron chi connectivity index (χ1n) is 7.63. The Bertz CT molecular complexity index is 554. The van der Waals surface area contributed by atoms with E-state index in [0.29, 0.717) is 13.0 Å². The summed E-state index contributed by atoms with van der Waals surface area (Å²) in [6, 6.07) is 6.10. The standard InChI is InChI=1S/C17H24N2O2/c1-5-13(4)18-16(20)15-8-9-19(17(15)21)14-7-6-11(2)12(3)10-14/h6-7,10,13,15H,5,8-9H2,1-4H3,(H,18,20)/t13-,15+/m1/s1. The number of nitrogens with zero attached hydrogens (tertiary/aromatic N) is 1. The highest BCUT2D eigenvalue weighted by molar-refractivity contribution is 6.09. The summed E-state index contributed by atoms with van der Waals surface area (Å²) in [7, 11) is 0. The van der Waals surface area contributed by atoms with E-state index in [1.54, 1.807) is 4.90 Å². The predicted molar refractivity (Wildman–Crippen MR) is 84.3 cm³/mol. The van der Waals surface area contributed by atoms with Crippen molar-refractivity contribution in [2.45, 2.75) is 46.6 Å². The molecule has 21 heavy (non-hydrogen) atoms. The van der Waals surface area contributed by atoms with Gasteiger partial charge in [0.15, 0.2) is 0 Å². The van der Waals surface area contributed by atoms with E-state index in [9.17, 15) is 9.59 Å². The Balaban J connectivity index is 2.10. The molecule has 114 valence electrons. The summed E-state index contributed by atoms with van der Waals surface area (Å²) in [5.41, 5.74) is 3.26. The molecule has 1 N–H and O–H groups in total. The van der Waals surface area contributed by atoms with Crippen LogP contribution in [0.3, 0.4) is 0 Å². The maximum absolute atomic E-state index is 12.5. The zero-order valence-corrected chi connectivity index (χ0v) is 13.3. The van der Waals surface area contributed by atoms with Crippen molar-refractivity contribution in [2.75, 3.05) is 11.4 Å². The second-order valence-electron chi connectivity index (χ2n) is 5.92. The van der Waals surface area contributed by atoms with Crippen molar-refractivity contribution in [1.29, 1.82) is 0 Å². The molecule has 1 aromatic carbocycles. The molecule has 1 heterocycles. The maximum atomic E-state index is 12.5. The van der Waals surface area contributed by atoms with Gasteiger partial charge in [-0.25, -0.2) is 0 Å². The van der Waals surface area contributed by atoms with Gasteiger partial charge in [0.05, 0.1) is 0 Å². The van der Waals surface area contributed by atoms with Gasteiger partial charge in [0.2, 0.25) is 11.8 Å². The lowest BCUT2D eigenvalue weighted by Gasteiger charge is -2.19. The molecule has 1 saturated heterocycles. The van der Waals surface area contributed by atoms with Crippen molar-refractivity contribution in [3.8, 4) is 0 Å². The normalized spacial score (nSPS) is 19.7. The summed E-state index contributed by atoms with van der Waals surface area (Å²) < 4.78 is 0. The summed E-state index contributed by atoms with van der Waals surface area (Å²) in [5.74, 6) is -0.764. The Kier molecular flexibility index (Phi) is 4.66. The van der Waals surface area contributed by atoms with Gasteiger partial charge < -0.3 is 10.2 Å². The number of benzene rings is 1. The second-order valence-corrected chi connectivity index (χ2v) is 5.92. The first kappa shape index (κ1) is 15.5. The van der Waals surface area contributed by atoms with Crippen LogP contribution in [0.15, 0.2) is 18.2 Å². The molecule has 2 atom stereocenters. The molecule has 4 heteroatoms. The summed E-state index contributed by atoms with van der Waals surface area (Å²) >= 11 is 0. The van der Waals surface area contributed by atoms with Gasteiger partial charge >= 0.3 is 0 Å². The number of anilines is 1. The Morgan fingerprint density at radius 3 is 2.71 bits per heavy atom. The molecule has 0 spiro atoms. The van der Waals surface area contributed by atoms with Crippen LogP contribution in [0.2, 0.25) is 0 Å². The molecule has 1 aromatic rings. The third-order valence-electron chi connectivity index (χ3n) is 4.33. The monoisotopic (exact) mass is 288 g/mol. The fourth-order valence-electron chi connectivity index (χ4n) is 2.52. The smallest absolute Gasteiger partial charge is 0.239 e. The van der Waals surface area contributed by atoms with Crippen molar-refractivity contribution in [2.24, 2.45) is 5.92 Å². The lowest BCUT2D eigenvalue weighted by molar-refractivity contribution is -0.132. The topological polar surface area (TPSA) is 49.4 Å².